The van der Waals surface area contributed by atoms with E-state index in [1.165, 1.54) is 11.1 Å². The molecule has 1 aliphatic rings. The maximum atomic E-state index is 11.8. The van der Waals surface area contributed by atoms with Gasteiger partial charge in [0.1, 0.15) is 0 Å². The van der Waals surface area contributed by atoms with Crippen LogP contribution in [0.3, 0.4) is 0 Å². The zero-order chi connectivity index (χ0) is 21.6. The summed E-state index contributed by atoms with van der Waals surface area (Å²) in [6, 6.07) is 13.6. The fourth-order valence-corrected chi connectivity index (χ4v) is 3.46. The van der Waals surface area contributed by atoms with E-state index in [1.54, 1.807) is 19.1 Å². The molecule has 0 heterocycles. The highest BCUT2D eigenvalue weighted by atomic mass is 16.5. The lowest BCUT2D eigenvalue weighted by atomic mass is 9.73. The molecule has 0 atom stereocenters. The van der Waals surface area contributed by atoms with E-state index in [-0.39, 0.29) is 11.4 Å². The summed E-state index contributed by atoms with van der Waals surface area (Å²) in [6.45, 7) is 8.86. The predicted molar refractivity (Wildman–Crippen MR) is 123 cm³/mol. The lowest BCUT2D eigenvalue weighted by molar-refractivity contribution is 0.0526. The smallest absolute Gasteiger partial charge is 0.338 e. The second kappa shape index (κ2) is 9.51. The van der Waals surface area contributed by atoms with Crippen molar-refractivity contribution in [2.45, 2.75) is 52.4 Å². The number of hydrogen-bond acceptors (Lipinski definition) is 2. The van der Waals surface area contributed by atoms with Crippen molar-refractivity contribution in [3.63, 3.8) is 0 Å². The molecule has 3 rings (SSSR count). The van der Waals surface area contributed by atoms with Gasteiger partial charge in [0.2, 0.25) is 0 Å². The largest absolute Gasteiger partial charge is 0.462 e. The molecule has 2 nitrogen and oxygen atoms in total. The number of benzene rings is 2. The second-order valence-corrected chi connectivity index (χ2v) is 8.07. The highest BCUT2D eigenvalue weighted by molar-refractivity contribution is 5.89. The van der Waals surface area contributed by atoms with Crippen LogP contribution >= 0.6 is 0 Å². The fraction of sp³-hybridized carbons (Fsp3) is 0.321. The van der Waals surface area contributed by atoms with E-state index >= 15 is 0 Å². The van der Waals surface area contributed by atoms with Gasteiger partial charge in [-0.3, -0.25) is 0 Å². The summed E-state index contributed by atoms with van der Waals surface area (Å²) in [6.07, 6.45) is 5.24. The third kappa shape index (κ3) is 5.03. The van der Waals surface area contributed by atoms with Gasteiger partial charge in [-0.15, -0.1) is 0 Å². The van der Waals surface area contributed by atoms with Gasteiger partial charge >= 0.3 is 5.97 Å². The van der Waals surface area contributed by atoms with Crippen LogP contribution in [0.25, 0.3) is 5.57 Å². The third-order valence-electron chi connectivity index (χ3n) is 5.20. The Labute approximate surface area is 180 Å². The normalized spacial score (nSPS) is 13.7. The summed E-state index contributed by atoms with van der Waals surface area (Å²) in [4.78, 5) is 11.8. The summed E-state index contributed by atoms with van der Waals surface area (Å²) < 4.78 is 5.02. The average Bonchev–Trinajstić information content (AvgIpc) is 2.74. The highest BCUT2D eigenvalue weighted by Gasteiger charge is 2.27. The summed E-state index contributed by atoms with van der Waals surface area (Å²) in [5, 5.41) is 0. The number of ether oxygens (including phenoxy) is 1. The molecule has 0 saturated carbocycles. The molecule has 2 aromatic rings. The number of hydrogen-bond donors (Lipinski definition) is 0. The molecule has 0 radical (unpaired) electrons. The number of fused-ring (bicyclic) bond motifs is 1. The minimum absolute atomic E-state index is 0.0974. The molecule has 0 unspecified atom stereocenters. The van der Waals surface area contributed by atoms with Crippen LogP contribution in [0.1, 0.15) is 79.6 Å². The lowest BCUT2D eigenvalue weighted by Crippen LogP contribution is -2.21. The molecule has 1 aliphatic carbocycles. The molecule has 2 aromatic carbocycles. The molecule has 0 amide bonds. The van der Waals surface area contributed by atoms with Crippen molar-refractivity contribution in [1.82, 2.24) is 0 Å². The van der Waals surface area contributed by atoms with E-state index in [1.807, 2.05) is 12.1 Å². The number of carbonyl (C=O) groups is 1. The van der Waals surface area contributed by atoms with Gasteiger partial charge in [0, 0.05) is 23.1 Å². The molecule has 30 heavy (non-hydrogen) atoms. The molecule has 0 fully saturated rings. The van der Waals surface area contributed by atoms with Crippen molar-refractivity contribution >= 4 is 11.5 Å². The zero-order valence-corrected chi connectivity index (χ0v) is 18.3. The monoisotopic (exact) mass is 396 g/mol. The van der Waals surface area contributed by atoms with E-state index in [0.29, 0.717) is 12.2 Å². The van der Waals surface area contributed by atoms with E-state index in [0.717, 1.165) is 36.0 Å². The quantitative estimate of drug-likeness (QED) is 0.461. The molecule has 0 spiro atoms. The van der Waals surface area contributed by atoms with Crippen molar-refractivity contribution in [3.8, 4) is 23.7 Å². The molecule has 0 bridgehead atoms. The Morgan fingerprint density at radius 3 is 2.40 bits per heavy atom. The fourth-order valence-electron chi connectivity index (χ4n) is 3.46. The summed E-state index contributed by atoms with van der Waals surface area (Å²) in [7, 11) is 0. The Kier molecular flexibility index (Phi) is 6.81. The first kappa shape index (κ1) is 21.5. The number of unbranched alkanes of at least 4 members (excludes halogenated alkanes) is 1. The number of esters is 1. The van der Waals surface area contributed by atoms with Crippen molar-refractivity contribution in [1.29, 1.82) is 0 Å². The van der Waals surface area contributed by atoms with Gasteiger partial charge in [-0.2, -0.15) is 0 Å². The van der Waals surface area contributed by atoms with Crippen LogP contribution in [-0.2, 0) is 10.2 Å². The molecule has 0 aliphatic heterocycles. The van der Waals surface area contributed by atoms with E-state index in [2.05, 4.69) is 68.7 Å². The van der Waals surface area contributed by atoms with Gasteiger partial charge in [0.25, 0.3) is 0 Å². The van der Waals surface area contributed by atoms with Crippen molar-refractivity contribution in [3.05, 3.63) is 76.4 Å². The molecular weight excluding hydrogens is 368 g/mol. The van der Waals surface area contributed by atoms with E-state index in [9.17, 15) is 4.79 Å². The summed E-state index contributed by atoms with van der Waals surface area (Å²) in [5.74, 6) is 12.8. The highest BCUT2D eigenvalue weighted by Crippen LogP contribution is 2.38. The van der Waals surface area contributed by atoms with Gasteiger partial charge in [-0.25, -0.2) is 4.79 Å². The minimum Gasteiger partial charge on any atom is -0.462 e. The lowest BCUT2D eigenvalue weighted by Gasteiger charge is -2.31. The summed E-state index contributed by atoms with van der Waals surface area (Å²) in [5.41, 5.74) is 6.09. The van der Waals surface area contributed by atoms with Crippen molar-refractivity contribution in [2.75, 3.05) is 6.61 Å². The van der Waals surface area contributed by atoms with E-state index < -0.39 is 0 Å². The zero-order valence-electron chi connectivity index (χ0n) is 18.3. The molecule has 0 N–H and O–H groups in total. The minimum atomic E-state index is -0.308. The first-order valence-electron chi connectivity index (χ1n) is 10.6. The first-order chi connectivity index (χ1) is 14.4. The standard InChI is InChI=1S/C28H28O2/c1-5-7-8-9-23-18-19-28(3,4)26-17-14-22(20-25(23)26)11-10-21-12-15-24(16-13-21)27(29)30-6-2/h12-18,20H,5-7,19H2,1-4H3. The van der Waals surface area contributed by atoms with Crippen molar-refractivity contribution < 1.29 is 9.53 Å². The number of allylic oxidation sites excluding steroid dienone is 2. The Hall–Kier alpha value is -3.23. The summed E-state index contributed by atoms with van der Waals surface area (Å²) >= 11 is 0. The Morgan fingerprint density at radius 2 is 1.70 bits per heavy atom. The Bertz CT molecular complexity index is 1080. The van der Waals surface area contributed by atoms with Crippen molar-refractivity contribution in [2.24, 2.45) is 0 Å². The van der Waals surface area contributed by atoms with Gasteiger partial charge < -0.3 is 4.74 Å². The first-order valence-corrected chi connectivity index (χ1v) is 10.6. The maximum Gasteiger partial charge on any atom is 0.338 e. The Morgan fingerprint density at radius 1 is 1.00 bits per heavy atom. The SMILES string of the molecule is CCCC#CC1=CCC(C)(C)c2ccc(C#Cc3ccc(C(=O)OCC)cc3)cc21. The Balaban J connectivity index is 1.88. The van der Waals surface area contributed by atoms with Gasteiger partial charge in [0.15, 0.2) is 0 Å². The molecule has 0 aromatic heterocycles. The van der Waals surface area contributed by atoms with Crippen LogP contribution in [0, 0.1) is 23.7 Å². The molecule has 152 valence electrons. The number of rotatable bonds is 3. The van der Waals surface area contributed by atoms with Crippen LogP contribution in [-0.4, -0.2) is 12.6 Å². The third-order valence-corrected chi connectivity index (χ3v) is 5.20. The molecule has 2 heteroatoms. The second-order valence-electron chi connectivity index (χ2n) is 8.07. The van der Waals surface area contributed by atoms with Gasteiger partial charge in [-0.05, 0) is 72.7 Å². The van der Waals surface area contributed by atoms with Gasteiger partial charge in [0.05, 0.1) is 12.2 Å². The van der Waals surface area contributed by atoms with Crippen LogP contribution in [0.5, 0.6) is 0 Å². The molecule has 0 saturated heterocycles. The van der Waals surface area contributed by atoms with Crippen LogP contribution < -0.4 is 0 Å². The van der Waals surface area contributed by atoms with Crippen LogP contribution in [0.2, 0.25) is 0 Å². The van der Waals surface area contributed by atoms with E-state index in [4.69, 9.17) is 4.74 Å². The predicted octanol–water partition coefficient (Wildman–Crippen LogP) is 6.13. The maximum absolute atomic E-state index is 11.8. The topological polar surface area (TPSA) is 26.3 Å². The van der Waals surface area contributed by atoms with Gasteiger partial charge in [-0.1, -0.05) is 56.6 Å². The average molecular weight is 397 g/mol. The van der Waals surface area contributed by atoms with Crippen LogP contribution in [0.4, 0.5) is 0 Å². The number of carbonyl (C=O) groups excluding carboxylic acids is 1. The molecular formula is C28H28O2. The van der Waals surface area contributed by atoms with Crippen LogP contribution in [0.15, 0.2) is 48.5 Å².